The van der Waals surface area contributed by atoms with E-state index < -0.39 is 25.6 Å². The van der Waals surface area contributed by atoms with E-state index in [4.69, 9.17) is 11.6 Å². The number of phenols is 1. The summed E-state index contributed by atoms with van der Waals surface area (Å²) in [5.74, 6) is -0.297. The van der Waals surface area contributed by atoms with Crippen LogP contribution in [0, 0.1) is 20.2 Å². The van der Waals surface area contributed by atoms with Crippen LogP contribution in [0.2, 0.25) is 5.02 Å². The van der Waals surface area contributed by atoms with Crippen LogP contribution in [0.4, 0.5) is 22.7 Å². The van der Waals surface area contributed by atoms with Crippen LogP contribution in [0.1, 0.15) is 5.56 Å². The molecule has 170 valence electrons. The molecule has 0 aliphatic rings. The van der Waals surface area contributed by atoms with E-state index in [0.717, 1.165) is 42.6 Å². The highest BCUT2D eigenvalue weighted by atomic mass is 35.5. The monoisotopic (exact) mass is 491 g/mol. The number of phenolic OH excluding ortho intramolecular Hbond substituents is 1. The highest BCUT2D eigenvalue weighted by Gasteiger charge is 2.22. The molecule has 0 aliphatic heterocycles. The number of hydrogen-bond acceptors (Lipinski definition) is 9. The maximum absolute atomic E-state index is 12.6. The van der Waals surface area contributed by atoms with Crippen molar-refractivity contribution in [1.82, 2.24) is 0 Å². The summed E-state index contributed by atoms with van der Waals surface area (Å²) in [4.78, 5) is 20.5. The van der Waals surface area contributed by atoms with E-state index in [0.29, 0.717) is 5.02 Å². The number of nitrogens with zero attached hydrogens (tertiary/aromatic N) is 3. The predicted molar refractivity (Wildman–Crippen MR) is 121 cm³/mol. The molecule has 3 N–H and O–H groups in total. The molecule has 0 aromatic heterocycles. The summed E-state index contributed by atoms with van der Waals surface area (Å²) >= 11 is 5.84. The van der Waals surface area contributed by atoms with E-state index in [1.165, 1.54) is 18.2 Å². The molecule has 0 atom stereocenters. The molecule has 0 amide bonds. The van der Waals surface area contributed by atoms with E-state index in [1.807, 2.05) is 0 Å². The molecule has 0 saturated heterocycles. The molecule has 12 nitrogen and oxygen atoms in total. The highest BCUT2D eigenvalue weighted by molar-refractivity contribution is 7.92. The van der Waals surface area contributed by atoms with E-state index >= 15 is 0 Å². The second-order valence-corrected chi connectivity index (χ2v) is 8.54. The summed E-state index contributed by atoms with van der Waals surface area (Å²) in [7, 11) is -4.16. The fraction of sp³-hybridized carbons (Fsp3) is 0. The van der Waals surface area contributed by atoms with E-state index in [2.05, 4.69) is 15.2 Å². The Balaban J connectivity index is 1.86. The lowest BCUT2D eigenvalue weighted by atomic mass is 10.2. The summed E-state index contributed by atoms with van der Waals surface area (Å²) in [5.41, 5.74) is 1.50. The number of nitro benzene ring substituents is 2. The third-order valence-corrected chi connectivity index (χ3v) is 5.78. The van der Waals surface area contributed by atoms with Gasteiger partial charge in [-0.05, 0) is 36.4 Å². The zero-order valence-corrected chi connectivity index (χ0v) is 17.9. The smallest absolute Gasteiger partial charge is 0.295 e. The number of nitrogens with one attached hydrogen (secondary N) is 2. The number of aromatic hydroxyl groups is 1. The minimum absolute atomic E-state index is 0.00993. The fourth-order valence-corrected chi connectivity index (χ4v) is 3.88. The van der Waals surface area contributed by atoms with Crippen molar-refractivity contribution in [2.45, 2.75) is 4.90 Å². The van der Waals surface area contributed by atoms with Crippen molar-refractivity contribution < 1.29 is 23.4 Å². The minimum atomic E-state index is -4.16. The topological polar surface area (TPSA) is 177 Å². The van der Waals surface area contributed by atoms with Crippen molar-refractivity contribution in [1.29, 1.82) is 0 Å². The molecule has 0 unspecified atom stereocenters. The van der Waals surface area contributed by atoms with Crippen LogP contribution >= 0.6 is 11.6 Å². The van der Waals surface area contributed by atoms with Crippen molar-refractivity contribution >= 4 is 50.6 Å². The van der Waals surface area contributed by atoms with Gasteiger partial charge in [0.05, 0.1) is 26.6 Å². The molecule has 0 fully saturated rings. The molecule has 0 aliphatic carbocycles. The maximum Gasteiger partial charge on any atom is 0.295 e. The average molecular weight is 492 g/mol. The number of nitro groups is 2. The van der Waals surface area contributed by atoms with Crippen LogP contribution < -0.4 is 10.1 Å². The third-order valence-electron chi connectivity index (χ3n) is 4.16. The molecule has 3 aromatic rings. The molecule has 0 radical (unpaired) electrons. The number of benzene rings is 3. The Morgan fingerprint density at radius 1 is 1.00 bits per heavy atom. The van der Waals surface area contributed by atoms with Gasteiger partial charge in [0.25, 0.3) is 21.4 Å². The first-order chi connectivity index (χ1) is 15.6. The standard InChI is InChI=1S/C19H14ClN5O7S/c20-13-2-1-3-14(9-13)23-33(31,32)16-5-6-17(18(10-16)25(29)30)22-21-11-12-8-15(24(27)28)4-7-19(12)26/h1-11,22-23,26H/b21-11+. The molecular weight excluding hydrogens is 478 g/mol. The predicted octanol–water partition coefficient (Wildman–Crippen LogP) is 4.11. The van der Waals surface area contributed by atoms with Crippen LogP contribution in [0.3, 0.4) is 0 Å². The van der Waals surface area contributed by atoms with Crippen molar-refractivity contribution in [2.24, 2.45) is 5.10 Å². The number of hydrogen-bond donors (Lipinski definition) is 3. The van der Waals surface area contributed by atoms with Crippen molar-refractivity contribution in [3.63, 3.8) is 0 Å². The van der Waals surface area contributed by atoms with Crippen LogP contribution in [-0.4, -0.2) is 29.6 Å². The van der Waals surface area contributed by atoms with Gasteiger partial charge < -0.3 is 5.11 Å². The summed E-state index contributed by atoms with van der Waals surface area (Å²) in [6.45, 7) is 0. The lowest BCUT2D eigenvalue weighted by molar-refractivity contribution is -0.384. The molecule has 14 heteroatoms. The molecule has 0 saturated carbocycles. The lowest BCUT2D eigenvalue weighted by Crippen LogP contribution is -2.13. The van der Waals surface area contributed by atoms with Gasteiger partial charge >= 0.3 is 0 Å². The largest absolute Gasteiger partial charge is 0.507 e. The highest BCUT2D eigenvalue weighted by Crippen LogP contribution is 2.29. The SMILES string of the molecule is O=[N+]([O-])c1ccc(O)c(/C=N/Nc2ccc(S(=O)(=O)Nc3cccc(Cl)c3)cc2[N+](=O)[O-])c1. The van der Waals surface area contributed by atoms with Crippen LogP contribution in [0.15, 0.2) is 70.7 Å². The Morgan fingerprint density at radius 3 is 2.42 bits per heavy atom. The Bertz CT molecular complexity index is 1380. The number of halogens is 1. The van der Waals surface area contributed by atoms with Gasteiger partial charge in [0.2, 0.25) is 0 Å². The van der Waals surface area contributed by atoms with Gasteiger partial charge in [-0.25, -0.2) is 8.42 Å². The molecular formula is C19H14ClN5O7S. The summed E-state index contributed by atoms with van der Waals surface area (Å²) in [5, 5.41) is 36.2. The van der Waals surface area contributed by atoms with Gasteiger partial charge in [0.15, 0.2) is 0 Å². The van der Waals surface area contributed by atoms with Gasteiger partial charge in [-0.1, -0.05) is 17.7 Å². The molecule has 0 spiro atoms. The normalized spacial score (nSPS) is 11.3. The first kappa shape index (κ1) is 23.4. The first-order valence-corrected chi connectivity index (χ1v) is 10.8. The number of non-ortho nitro benzene ring substituents is 1. The molecule has 33 heavy (non-hydrogen) atoms. The van der Waals surface area contributed by atoms with E-state index in [-0.39, 0.29) is 33.3 Å². The zero-order valence-electron chi connectivity index (χ0n) is 16.4. The Hall–Kier alpha value is -4.23. The fourth-order valence-electron chi connectivity index (χ4n) is 2.62. The van der Waals surface area contributed by atoms with Gasteiger partial charge in [-0.15, -0.1) is 0 Å². The first-order valence-electron chi connectivity index (χ1n) is 8.90. The second kappa shape index (κ2) is 9.50. The molecule has 3 rings (SSSR count). The Labute approximate surface area is 191 Å². The quantitative estimate of drug-likeness (QED) is 0.239. The van der Waals surface area contributed by atoms with E-state index in [1.54, 1.807) is 6.07 Å². The van der Waals surface area contributed by atoms with Crippen LogP contribution in [0.5, 0.6) is 5.75 Å². The lowest BCUT2D eigenvalue weighted by Gasteiger charge is -2.09. The molecule has 0 heterocycles. The minimum Gasteiger partial charge on any atom is -0.507 e. The van der Waals surface area contributed by atoms with Gasteiger partial charge in [-0.3, -0.25) is 30.4 Å². The molecule has 3 aromatic carbocycles. The van der Waals surface area contributed by atoms with Crippen molar-refractivity contribution in [2.75, 3.05) is 10.1 Å². The second-order valence-electron chi connectivity index (χ2n) is 6.42. The van der Waals surface area contributed by atoms with Crippen molar-refractivity contribution in [3.05, 3.63) is 91.5 Å². The number of rotatable bonds is 8. The van der Waals surface area contributed by atoms with Gasteiger partial charge in [-0.2, -0.15) is 5.10 Å². The average Bonchev–Trinajstić information content (AvgIpc) is 2.74. The van der Waals surface area contributed by atoms with E-state index in [9.17, 15) is 33.8 Å². The third kappa shape index (κ3) is 5.72. The number of hydrazone groups is 1. The Kier molecular flexibility index (Phi) is 6.75. The molecule has 0 bridgehead atoms. The maximum atomic E-state index is 12.6. The van der Waals surface area contributed by atoms with Crippen LogP contribution in [0.25, 0.3) is 0 Å². The number of sulfonamides is 1. The zero-order chi connectivity index (χ0) is 24.2. The summed E-state index contributed by atoms with van der Waals surface area (Å²) < 4.78 is 27.5. The number of anilines is 2. The van der Waals surface area contributed by atoms with Crippen molar-refractivity contribution in [3.8, 4) is 5.75 Å². The summed E-state index contributed by atoms with van der Waals surface area (Å²) in [6.07, 6.45) is 1.03. The van der Waals surface area contributed by atoms with Gasteiger partial charge in [0, 0.05) is 28.8 Å². The Morgan fingerprint density at radius 2 is 1.76 bits per heavy atom. The van der Waals surface area contributed by atoms with Crippen LogP contribution in [-0.2, 0) is 10.0 Å². The van der Waals surface area contributed by atoms with Gasteiger partial charge in [0.1, 0.15) is 11.4 Å². The summed E-state index contributed by atoms with van der Waals surface area (Å²) in [6, 6.07) is 12.3.